The Morgan fingerprint density at radius 2 is 2.24 bits per heavy atom. The number of aromatic nitrogens is 3. The molecule has 1 aliphatic rings. The molecule has 0 aliphatic carbocycles. The van der Waals surface area contributed by atoms with Crippen molar-refractivity contribution >= 4 is 12.0 Å². The number of aliphatic carboxylic acids is 1. The molecule has 2 aromatic rings. The third-order valence-corrected chi connectivity index (χ3v) is 4.31. The second-order valence-corrected chi connectivity index (χ2v) is 6.05. The van der Waals surface area contributed by atoms with E-state index in [4.69, 9.17) is 5.11 Å². The van der Waals surface area contributed by atoms with Crippen molar-refractivity contribution in [2.75, 3.05) is 13.1 Å². The smallest absolute Gasteiger partial charge is 0.317 e. The van der Waals surface area contributed by atoms with Crippen LogP contribution in [0.25, 0.3) is 0 Å². The number of nitrogens with zero attached hydrogens (tertiary/aromatic N) is 3. The Bertz CT molecular complexity index is 752. The maximum absolute atomic E-state index is 13.2. The Kier molecular flexibility index (Phi) is 4.92. The van der Waals surface area contributed by atoms with Gasteiger partial charge in [-0.05, 0) is 23.6 Å². The van der Waals surface area contributed by atoms with Crippen LogP contribution >= 0.6 is 0 Å². The summed E-state index contributed by atoms with van der Waals surface area (Å²) in [6.07, 6.45) is 1.50. The molecule has 0 unspecified atom stereocenters. The van der Waals surface area contributed by atoms with Crippen LogP contribution in [-0.2, 0) is 11.3 Å². The minimum atomic E-state index is -0.916. The van der Waals surface area contributed by atoms with Gasteiger partial charge >= 0.3 is 12.0 Å². The molecule has 2 amide bonds. The minimum Gasteiger partial charge on any atom is -0.481 e. The number of aromatic amines is 1. The van der Waals surface area contributed by atoms with E-state index in [0.717, 1.165) is 0 Å². The van der Waals surface area contributed by atoms with Crippen LogP contribution < -0.4 is 5.32 Å². The molecule has 0 radical (unpaired) electrons. The third-order valence-electron chi connectivity index (χ3n) is 4.31. The number of halogens is 1. The van der Waals surface area contributed by atoms with Crippen molar-refractivity contribution in [3.8, 4) is 0 Å². The number of hydrogen-bond acceptors (Lipinski definition) is 4. The van der Waals surface area contributed by atoms with Gasteiger partial charge in [0.05, 0.1) is 18.3 Å². The molecule has 1 saturated heterocycles. The van der Waals surface area contributed by atoms with Crippen molar-refractivity contribution in [1.82, 2.24) is 25.6 Å². The molecular weight excluding hydrogens is 329 g/mol. The maximum Gasteiger partial charge on any atom is 0.317 e. The van der Waals surface area contributed by atoms with E-state index >= 15 is 0 Å². The number of carboxylic acid groups (broad SMARTS) is 1. The fourth-order valence-electron chi connectivity index (χ4n) is 3.13. The number of carboxylic acids is 1. The van der Waals surface area contributed by atoms with Gasteiger partial charge in [0.25, 0.3) is 0 Å². The molecule has 0 bridgehead atoms. The number of carbonyl (C=O) groups excluding carboxylic acids is 1. The predicted octanol–water partition coefficient (Wildman–Crippen LogP) is 1.34. The number of urea groups is 1. The fourth-order valence-corrected chi connectivity index (χ4v) is 3.13. The highest BCUT2D eigenvalue weighted by molar-refractivity contribution is 5.75. The Labute approximate surface area is 143 Å². The zero-order valence-electron chi connectivity index (χ0n) is 13.4. The summed E-state index contributed by atoms with van der Waals surface area (Å²) in [4.78, 5) is 25.0. The molecule has 2 atom stereocenters. The minimum absolute atomic E-state index is 0.0504. The molecule has 0 saturated carbocycles. The molecule has 0 spiro atoms. The number of carbonyl (C=O) groups is 2. The zero-order valence-corrected chi connectivity index (χ0v) is 13.4. The zero-order chi connectivity index (χ0) is 17.8. The van der Waals surface area contributed by atoms with E-state index in [9.17, 15) is 14.0 Å². The van der Waals surface area contributed by atoms with Gasteiger partial charge in [-0.2, -0.15) is 15.4 Å². The summed E-state index contributed by atoms with van der Waals surface area (Å²) in [6.45, 7) is 0.879. The molecule has 1 fully saturated rings. The summed E-state index contributed by atoms with van der Waals surface area (Å²) >= 11 is 0. The lowest BCUT2D eigenvalue weighted by Gasteiger charge is -2.17. The van der Waals surface area contributed by atoms with Crippen molar-refractivity contribution in [2.45, 2.75) is 18.9 Å². The molecule has 2 heterocycles. The second-order valence-electron chi connectivity index (χ2n) is 6.05. The van der Waals surface area contributed by atoms with Gasteiger partial charge in [-0.15, -0.1) is 0 Å². The molecule has 1 aromatic carbocycles. The van der Waals surface area contributed by atoms with Gasteiger partial charge in [-0.1, -0.05) is 12.1 Å². The van der Waals surface area contributed by atoms with Crippen LogP contribution in [0.3, 0.4) is 0 Å². The average Bonchev–Trinajstić information content (AvgIpc) is 3.21. The number of hydrogen-bond donors (Lipinski definition) is 3. The first kappa shape index (κ1) is 16.9. The summed E-state index contributed by atoms with van der Waals surface area (Å²) < 4.78 is 13.2. The SMILES string of the molecule is O=C(O)C[C@H]1CN(C(=O)NCc2cccc(F)c2)C[C@H]1c1cn[nH]n1. The van der Waals surface area contributed by atoms with Crippen LogP contribution in [0, 0.1) is 11.7 Å². The van der Waals surface area contributed by atoms with Crippen molar-refractivity contribution in [2.24, 2.45) is 5.92 Å². The molecular formula is C16H18FN5O3. The average molecular weight is 347 g/mol. The third kappa shape index (κ3) is 4.11. The van der Waals surface area contributed by atoms with E-state index in [0.29, 0.717) is 24.3 Å². The fraction of sp³-hybridized carbons (Fsp3) is 0.375. The van der Waals surface area contributed by atoms with Gasteiger partial charge in [0.15, 0.2) is 0 Å². The van der Waals surface area contributed by atoms with Gasteiger partial charge < -0.3 is 15.3 Å². The molecule has 1 aromatic heterocycles. The second kappa shape index (κ2) is 7.29. The number of nitrogens with one attached hydrogen (secondary N) is 2. The van der Waals surface area contributed by atoms with E-state index < -0.39 is 5.97 Å². The number of benzene rings is 1. The first-order chi connectivity index (χ1) is 12.0. The van der Waals surface area contributed by atoms with Crippen LogP contribution in [0.15, 0.2) is 30.5 Å². The lowest BCUT2D eigenvalue weighted by atomic mass is 9.91. The van der Waals surface area contributed by atoms with E-state index in [1.807, 2.05) is 0 Å². The number of amides is 2. The quantitative estimate of drug-likeness (QED) is 0.756. The Morgan fingerprint density at radius 1 is 1.40 bits per heavy atom. The first-order valence-corrected chi connectivity index (χ1v) is 7.87. The van der Waals surface area contributed by atoms with Crippen LogP contribution in [0.5, 0.6) is 0 Å². The molecule has 25 heavy (non-hydrogen) atoms. The highest BCUT2D eigenvalue weighted by Crippen LogP contribution is 2.33. The number of H-pyrrole nitrogens is 1. The number of likely N-dealkylation sites (tertiary alicyclic amines) is 1. The van der Waals surface area contributed by atoms with E-state index in [1.54, 1.807) is 23.2 Å². The van der Waals surface area contributed by atoms with Gasteiger partial charge in [0, 0.05) is 25.6 Å². The highest BCUT2D eigenvalue weighted by atomic mass is 19.1. The molecule has 132 valence electrons. The summed E-state index contributed by atoms with van der Waals surface area (Å²) in [6, 6.07) is 5.68. The summed E-state index contributed by atoms with van der Waals surface area (Å²) in [5, 5.41) is 22.1. The summed E-state index contributed by atoms with van der Waals surface area (Å²) in [5.41, 5.74) is 1.30. The van der Waals surface area contributed by atoms with Gasteiger partial charge in [0.2, 0.25) is 0 Å². The lowest BCUT2D eigenvalue weighted by Crippen LogP contribution is -2.38. The van der Waals surface area contributed by atoms with Gasteiger partial charge in [-0.3, -0.25) is 4.79 Å². The standard InChI is InChI=1S/C16H18FN5O3/c17-12-3-1-2-10(4-12)6-18-16(25)22-8-11(5-15(23)24)13(9-22)14-7-19-21-20-14/h1-4,7,11,13H,5-6,8-9H2,(H,18,25)(H,23,24)(H,19,20,21)/t11-,13+/m0/s1. The van der Waals surface area contributed by atoms with Gasteiger partial charge in [0.1, 0.15) is 5.82 Å². The number of rotatable bonds is 5. The van der Waals surface area contributed by atoms with Gasteiger partial charge in [-0.25, -0.2) is 9.18 Å². The first-order valence-electron chi connectivity index (χ1n) is 7.87. The Hall–Kier alpha value is -2.97. The van der Waals surface area contributed by atoms with Crippen molar-refractivity contribution in [1.29, 1.82) is 0 Å². The maximum atomic E-state index is 13.2. The van der Waals surface area contributed by atoms with E-state index in [2.05, 4.69) is 20.7 Å². The molecule has 3 N–H and O–H groups in total. The molecule has 3 rings (SSSR count). The molecule has 8 nitrogen and oxygen atoms in total. The summed E-state index contributed by atoms with van der Waals surface area (Å²) in [7, 11) is 0. The molecule has 1 aliphatic heterocycles. The van der Waals surface area contributed by atoms with Crippen molar-refractivity contribution in [3.05, 3.63) is 47.5 Å². The van der Waals surface area contributed by atoms with Crippen LogP contribution in [-0.4, -0.2) is 50.5 Å². The Morgan fingerprint density at radius 3 is 2.92 bits per heavy atom. The highest BCUT2D eigenvalue weighted by Gasteiger charge is 2.38. The van der Waals surface area contributed by atoms with Crippen LogP contribution in [0.1, 0.15) is 23.6 Å². The predicted molar refractivity (Wildman–Crippen MR) is 85.1 cm³/mol. The van der Waals surface area contributed by atoms with E-state index in [-0.39, 0.29) is 36.6 Å². The Balaban J connectivity index is 1.63. The normalized spacial score (nSPS) is 19.8. The van der Waals surface area contributed by atoms with Crippen molar-refractivity contribution < 1.29 is 19.1 Å². The summed E-state index contributed by atoms with van der Waals surface area (Å²) in [5.74, 6) is -1.70. The van der Waals surface area contributed by atoms with Crippen LogP contribution in [0.4, 0.5) is 9.18 Å². The van der Waals surface area contributed by atoms with E-state index in [1.165, 1.54) is 12.1 Å². The monoisotopic (exact) mass is 347 g/mol. The lowest BCUT2D eigenvalue weighted by molar-refractivity contribution is -0.138. The largest absolute Gasteiger partial charge is 0.481 e. The topological polar surface area (TPSA) is 111 Å². The van der Waals surface area contributed by atoms with Crippen LogP contribution in [0.2, 0.25) is 0 Å². The molecule has 9 heteroatoms. The van der Waals surface area contributed by atoms with Crippen molar-refractivity contribution in [3.63, 3.8) is 0 Å².